The number of hydrazone groups is 1. The first kappa shape index (κ1) is 18.1. The average Bonchev–Trinajstić information content (AvgIpc) is 2.67. The normalized spacial score (nSPS) is 12.9. The van der Waals surface area contributed by atoms with Crippen molar-refractivity contribution in [1.29, 1.82) is 0 Å². The summed E-state index contributed by atoms with van der Waals surface area (Å²) in [5, 5.41) is 26.0. The van der Waals surface area contributed by atoms with Crippen LogP contribution in [0, 0.1) is 20.2 Å². The van der Waals surface area contributed by atoms with Gasteiger partial charge in [0.1, 0.15) is 17.2 Å². The third kappa shape index (κ3) is 3.94. The summed E-state index contributed by atoms with van der Waals surface area (Å²) in [6.07, 6.45) is 3.23. The molecular formula is C17H16N4O6. The Labute approximate surface area is 153 Å². The molecule has 27 heavy (non-hydrogen) atoms. The lowest BCUT2D eigenvalue weighted by Gasteiger charge is -2.20. The van der Waals surface area contributed by atoms with Crippen molar-refractivity contribution in [2.24, 2.45) is 5.10 Å². The molecule has 0 unspecified atom stereocenters. The number of benzene rings is 2. The predicted molar refractivity (Wildman–Crippen MR) is 97.8 cm³/mol. The summed E-state index contributed by atoms with van der Waals surface area (Å²) in [6.45, 7) is 0.599. The highest BCUT2D eigenvalue weighted by Gasteiger charge is 2.19. The van der Waals surface area contributed by atoms with Crippen molar-refractivity contribution in [1.82, 2.24) is 0 Å². The SMILES string of the molecule is COc1cc(/C=N/Nc2ccc([N+](=O)[O-])cc2[N+](=O)[O-])c2c(c1)CCCO2. The number of nitro groups is 2. The van der Waals surface area contributed by atoms with E-state index in [9.17, 15) is 20.2 Å². The van der Waals surface area contributed by atoms with E-state index in [0.29, 0.717) is 23.7 Å². The lowest BCUT2D eigenvalue weighted by Crippen LogP contribution is -2.11. The third-order valence-electron chi connectivity index (χ3n) is 4.02. The minimum absolute atomic E-state index is 0.0412. The fourth-order valence-corrected chi connectivity index (χ4v) is 2.75. The zero-order valence-corrected chi connectivity index (χ0v) is 14.4. The van der Waals surface area contributed by atoms with Gasteiger partial charge in [0.05, 0.1) is 35.8 Å². The predicted octanol–water partition coefficient (Wildman–Crippen LogP) is 3.28. The number of ether oxygens (including phenoxy) is 2. The average molecular weight is 372 g/mol. The maximum atomic E-state index is 11.2. The Morgan fingerprint density at radius 1 is 1.22 bits per heavy atom. The van der Waals surface area contributed by atoms with Gasteiger partial charge < -0.3 is 9.47 Å². The van der Waals surface area contributed by atoms with E-state index >= 15 is 0 Å². The summed E-state index contributed by atoms with van der Waals surface area (Å²) in [6, 6.07) is 6.95. The van der Waals surface area contributed by atoms with Gasteiger partial charge in [-0.05, 0) is 36.6 Å². The molecule has 140 valence electrons. The van der Waals surface area contributed by atoms with E-state index in [0.717, 1.165) is 24.5 Å². The molecule has 0 radical (unpaired) electrons. The number of hydrogen-bond donors (Lipinski definition) is 1. The molecule has 10 nitrogen and oxygen atoms in total. The summed E-state index contributed by atoms with van der Waals surface area (Å²) in [4.78, 5) is 20.5. The molecule has 0 saturated heterocycles. The summed E-state index contributed by atoms with van der Waals surface area (Å²) < 4.78 is 11.0. The Morgan fingerprint density at radius 3 is 2.74 bits per heavy atom. The Hall–Kier alpha value is -3.69. The van der Waals surface area contributed by atoms with E-state index in [1.54, 1.807) is 13.2 Å². The lowest BCUT2D eigenvalue weighted by molar-refractivity contribution is -0.393. The van der Waals surface area contributed by atoms with E-state index in [2.05, 4.69) is 10.5 Å². The van der Waals surface area contributed by atoms with Crippen LogP contribution in [0.5, 0.6) is 11.5 Å². The van der Waals surface area contributed by atoms with Crippen molar-refractivity contribution in [3.05, 3.63) is 61.7 Å². The topological polar surface area (TPSA) is 129 Å². The van der Waals surface area contributed by atoms with E-state index in [1.165, 1.54) is 18.3 Å². The van der Waals surface area contributed by atoms with Crippen LogP contribution in [0.25, 0.3) is 0 Å². The number of fused-ring (bicyclic) bond motifs is 1. The second-order valence-corrected chi connectivity index (χ2v) is 5.74. The summed E-state index contributed by atoms with van der Waals surface area (Å²) in [5.41, 5.74) is 3.47. The van der Waals surface area contributed by atoms with E-state index < -0.39 is 15.5 Å². The number of rotatable bonds is 6. The van der Waals surface area contributed by atoms with Crippen LogP contribution in [-0.4, -0.2) is 29.8 Å². The summed E-state index contributed by atoms with van der Waals surface area (Å²) in [5.74, 6) is 1.35. The Kier molecular flexibility index (Phi) is 5.15. The van der Waals surface area contributed by atoms with E-state index in [-0.39, 0.29) is 11.4 Å². The van der Waals surface area contributed by atoms with Gasteiger partial charge in [-0.25, -0.2) is 0 Å². The Bertz CT molecular complexity index is 928. The number of nitro benzene ring substituents is 2. The van der Waals surface area contributed by atoms with Crippen molar-refractivity contribution in [2.45, 2.75) is 12.8 Å². The van der Waals surface area contributed by atoms with Crippen molar-refractivity contribution in [3.63, 3.8) is 0 Å². The molecule has 0 spiro atoms. The van der Waals surface area contributed by atoms with Crippen molar-refractivity contribution >= 4 is 23.3 Å². The molecule has 1 heterocycles. The molecule has 2 aromatic rings. The highest BCUT2D eigenvalue weighted by atomic mass is 16.6. The number of non-ortho nitro benzene ring substituents is 1. The maximum absolute atomic E-state index is 11.2. The summed E-state index contributed by atoms with van der Waals surface area (Å²) >= 11 is 0. The largest absolute Gasteiger partial charge is 0.497 e. The van der Waals surface area contributed by atoms with Crippen molar-refractivity contribution in [3.8, 4) is 11.5 Å². The van der Waals surface area contributed by atoms with Gasteiger partial charge >= 0.3 is 5.69 Å². The molecule has 0 bridgehead atoms. The number of aryl methyl sites for hydroxylation is 1. The van der Waals surface area contributed by atoms with Gasteiger partial charge in [0, 0.05) is 11.6 Å². The minimum atomic E-state index is -0.707. The number of anilines is 1. The van der Waals surface area contributed by atoms with Crippen LogP contribution in [0.1, 0.15) is 17.5 Å². The first-order chi connectivity index (χ1) is 13.0. The Morgan fingerprint density at radius 2 is 2.04 bits per heavy atom. The first-order valence-corrected chi connectivity index (χ1v) is 8.05. The lowest BCUT2D eigenvalue weighted by atomic mass is 10.0. The number of nitrogens with one attached hydrogen (secondary N) is 1. The smallest absolute Gasteiger partial charge is 0.301 e. The van der Waals surface area contributed by atoms with Crippen LogP contribution in [-0.2, 0) is 6.42 Å². The van der Waals surface area contributed by atoms with Gasteiger partial charge in [0.15, 0.2) is 0 Å². The fourth-order valence-electron chi connectivity index (χ4n) is 2.75. The second-order valence-electron chi connectivity index (χ2n) is 5.74. The van der Waals surface area contributed by atoms with E-state index in [4.69, 9.17) is 9.47 Å². The van der Waals surface area contributed by atoms with Crippen molar-refractivity contribution in [2.75, 3.05) is 19.1 Å². The van der Waals surface area contributed by atoms with Crippen LogP contribution < -0.4 is 14.9 Å². The quantitative estimate of drug-likeness (QED) is 0.468. The molecular weight excluding hydrogens is 356 g/mol. The van der Waals surface area contributed by atoms with Crippen LogP contribution in [0.15, 0.2) is 35.4 Å². The maximum Gasteiger partial charge on any atom is 0.301 e. The summed E-state index contributed by atoms with van der Waals surface area (Å²) in [7, 11) is 1.56. The van der Waals surface area contributed by atoms with Crippen LogP contribution in [0.4, 0.5) is 17.1 Å². The molecule has 0 saturated carbocycles. The van der Waals surface area contributed by atoms with Crippen LogP contribution >= 0.6 is 0 Å². The monoisotopic (exact) mass is 372 g/mol. The van der Waals surface area contributed by atoms with Gasteiger partial charge in [0.2, 0.25) is 0 Å². The zero-order chi connectivity index (χ0) is 19.4. The molecule has 0 fully saturated rings. The van der Waals surface area contributed by atoms with Gasteiger partial charge in [-0.1, -0.05) is 0 Å². The Balaban J connectivity index is 1.88. The number of hydrogen-bond acceptors (Lipinski definition) is 8. The molecule has 10 heteroatoms. The molecule has 2 aromatic carbocycles. The molecule has 0 aromatic heterocycles. The fraction of sp³-hybridized carbons (Fsp3) is 0.235. The molecule has 0 atom stereocenters. The molecule has 3 rings (SSSR count). The highest BCUT2D eigenvalue weighted by Crippen LogP contribution is 2.33. The van der Waals surface area contributed by atoms with Gasteiger partial charge in [-0.3, -0.25) is 25.7 Å². The molecule has 1 N–H and O–H groups in total. The standard InChI is InChI=1S/C17H16N4O6/c1-26-14-7-11-3-2-6-27-17(11)12(8-14)10-18-19-15-5-4-13(20(22)23)9-16(15)21(24)25/h4-5,7-10,19H,2-3,6H2,1H3/b18-10+. The van der Waals surface area contributed by atoms with Gasteiger partial charge in [-0.2, -0.15) is 5.10 Å². The minimum Gasteiger partial charge on any atom is -0.497 e. The van der Waals surface area contributed by atoms with Gasteiger partial charge in [0.25, 0.3) is 5.69 Å². The van der Waals surface area contributed by atoms with E-state index in [1.807, 2.05) is 6.07 Å². The second kappa shape index (κ2) is 7.68. The number of methoxy groups -OCH3 is 1. The molecule has 0 aliphatic carbocycles. The zero-order valence-electron chi connectivity index (χ0n) is 14.4. The van der Waals surface area contributed by atoms with Crippen LogP contribution in [0.2, 0.25) is 0 Å². The highest BCUT2D eigenvalue weighted by molar-refractivity contribution is 5.86. The van der Waals surface area contributed by atoms with Crippen molar-refractivity contribution < 1.29 is 19.3 Å². The van der Waals surface area contributed by atoms with Gasteiger partial charge in [-0.15, -0.1) is 0 Å². The number of nitrogens with zero attached hydrogens (tertiary/aromatic N) is 3. The molecule has 1 aliphatic heterocycles. The molecule has 0 amide bonds. The third-order valence-corrected chi connectivity index (χ3v) is 4.02. The van der Waals surface area contributed by atoms with Crippen LogP contribution in [0.3, 0.4) is 0 Å². The first-order valence-electron chi connectivity index (χ1n) is 8.05. The molecule has 1 aliphatic rings.